The van der Waals surface area contributed by atoms with Gasteiger partial charge in [-0.2, -0.15) is 5.10 Å². The van der Waals surface area contributed by atoms with Gasteiger partial charge in [0.05, 0.1) is 11.8 Å². The lowest BCUT2D eigenvalue weighted by Gasteiger charge is -2.41. The molecule has 2 heterocycles. The van der Waals surface area contributed by atoms with Gasteiger partial charge in [-0.25, -0.2) is 0 Å². The van der Waals surface area contributed by atoms with Crippen molar-refractivity contribution in [2.75, 3.05) is 38.7 Å². The van der Waals surface area contributed by atoms with Gasteiger partial charge in [0.25, 0.3) is 0 Å². The van der Waals surface area contributed by atoms with E-state index in [2.05, 4.69) is 46.2 Å². The first kappa shape index (κ1) is 16.3. The maximum Gasteiger partial charge on any atom is 0.151 e. The van der Waals surface area contributed by atoms with E-state index in [1.54, 1.807) is 0 Å². The topological polar surface area (TPSA) is 41.5 Å². The second-order valence-electron chi connectivity index (χ2n) is 8.28. The van der Waals surface area contributed by atoms with Crippen LogP contribution in [0.5, 0.6) is 0 Å². The molecular weight excluding hydrogens is 300 g/mol. The van der Waals surface area contributed by atoms with Crippen molar-refractivity contribution < 1.29 is 4.74 Å². The van der Waals surface area contributed by atoms with Crippen molar-refractivity contribution in [2.45, 2.75) is 44.8 Å². The lowest BCUT2D eigenvalue weighted by atomic mass is 9.77. The summed E-state index contributed by atoms with van der Waals surface area (Å²) in [6.07, 6.45) is 5.56. The van der Waals surface area contributed by atoms with E-state index in [1.165, 1.54) is 25.7 Å². The molecule has 1 saturated heterocycles. The molecule has 0 radical (unpaired) electrons. The lowest BCUT2D eigenvalue weighted by Crippen LogP contribution is -2.48. The first-order valence-corrected chi connectivity index (χ1v) is 9.43. The van der Waals surface area contributed by atoms with Gasteiger partial charge in [-0.05, 0) is 76.6 Å². The molecule has 2 saturated carbocycles. The van der Waals surface area contributed by atoms with Gasteiger partial charge in [0.1, 0.15) is 0 Å². The molecule has 3 fully saturated rings. The third kappa shape index (κ3) is 3.42. The zero-order chi connectivity index (χ0) is 16.7. The molecule has 2 aliphatic carbocycles. The van der Waals surface area contributed by atoms with Crippen LogP contribution in [0.3, 0.4) is 0 Å². The summed E-state index contributed by atoms with van der Waals surface area (Å²) in [7, 11) is 4.41. The summed E-state index contributed by atoms with van der Waals surface area (Å²) >= 11 is 0. The summed E-state index contributed by atoms with van der Waals surface area (Å²) in [5.41, 5.74) is 0.983. The summed E-state index contributed by atoms with van der Waals surface area (Å²) in [4.78, 5) is 4.81. The number of ether oxygens (including phenoxy) is 1. The second-order valence-corrected chi connectivity index (χ2v) is 8.28. The van der Waals surface area contributed by atoms with Gasteiger partial charge in [0.2, 0.25) is 0 Å². The minimum atomic E-state index is 0.394. The number of nitrogens with zero attached hydrogens (tertiary/aromatic N) is 4. The zero-order valence-corrected chi connectivity index (χ0v) is 15.2. The van der Waals surface area contributed by atoms with E-state index in [0.29, 0.717) is 12.1 Å². The SMILES string of the molecule is Cc1ccc(N2C[C@H]3C[C@@H](N(C)C)[C@H](OCC4CC4)C[C@H]3C2)nn1. The molecule has 0 aromatic carbocycles. The minimum Gasteiger partial charge on any atom is -0.376 e. The number of fused-ring (bicyclic) bond motifs is 1. The van der Waals surface area contributed by atoms with Gasteiger partial charge in [0, 0.05) is 25.7 Å². The van der Waals surface area contributed by atoms with Crippen LogP contribution in [0, 0.1) is 24.7 Å². The molecule has 0 spiro atoms. The van der Waals surface area contributed by atoms with Crippen molar-refractivity contribution in [3.63, 3.8) is 0 Å². The maximum atomic E-state index is 6.36. The number of aryl methyl sites for hydroxylation is 1. The van der Waals surface area contributed by atoms with Gasteiger partial charge in [-0.3, -0.25) is 0 Å². The van der Waals surface area contributed by atoms with Crippen molar-refractivity contribution in [3.8, 4) is 0 Å². The normalized spacial score (nSPS) is 33.1. The molecule has 5 nitrogen and oxygen atoms in total. The molecule has 4 atom stereocenters. The fraction of sp³-hybridized carbons (Fsp3) is 0.789. The molecule has 1 aromatic heterocycles. The summed E-state index contributed by atoms with van der Waals surface area (Å²) in [6.45, 7) is 5.18. The average Bonchev–Trinajstić information content (AvgIpc) is 3.30. The van der Waals surface area contributed by atoms with E-state index in [1.807, 2.05) is 6.92 Å². The van der Waals surface area contributed by atoms with Crippen molar-refractivity contribution in [1.29, 1.82) is 0 Å². The summed E-state index contributed by atoms with van der Waals surface area (Å²) in [5.74, 6) is 3.36. The first-order valence-electron chi connectivity index (χ1n) is 9.43. The number of hydrogen-bond donors (Lipinski definition) is 0. The van der Waals surface area contributed by atoms with E-state index < -0.39 is 0 Å². The van der Waals surface area contributed by atoms with Crippen LogP contribution in [0.4, 0.5) is 5.82 Å². The minimum absolute atomic E-state index is 0.394. The molecule has 4 rings (SSSR count). The van der Waals surface area contributed by atoms with E-state index in [4.69, 9.17) is 4.74 Å². The molecule has 0 N–H and O–H groups in total. The second kappa shape index (κ2) is 6.60. The zero-order valence-electron chi connectivity index (χ0n) is 15.2. The molecule has 132 valence electrons. The van der Waals surface area contributed by atoms with Crippen molar-refractivity contribution in [2.24, 2.45) is 17.8 Å². The Hall–Kier alpha value is -1.20. The predicted octanol–water partition coefficient (Wildman–Crippen LogP) is 2.36. The summed E-state index contributed by atoms with van der Waals surface area (Å²) in [6, 6.07) is 4.73. The van der Waals surface area contributed by atoms with Crippen LogP contribution in [0.25, 0.3) is 0 Å². The van der Waals surface area contributed by atoms with Crippen LogP contribution < -0.4 is 4.90 Å². The smallest absolute Gasteiger partial charge is 0.151 e. The molecule has 5 heteroatoms. The summed E-state index contributed by atoms with van der Waals surface area (Å²) < 4.78 is 6.36. The third-order valence-electron chi connectivity index (χ3n) is 6.10. The van der Waals surface area contributed by atoms with Crippen LogP contribution in [0.15, 0.2) is 12.1 Å². The van der Waals surface area contributed by atoms with Gasteiger partial charge in [-0.1, -0.05) is 0 Å². The highest BCUT2D eigenvalue weighted by Gasteiger charge is 2.44. The van der Waals surface area contributed by atoms with Gasteiger partial charge < -0.3 is 14.5 Å². The number of hydrogen-bond acceptors (Lipinski definition) is 5. The quantitative estimate of drug-likeness (QED) is 0.829. The predicted molar refractivity (Wildman–Crippen MR) is 95.1 cm³/mol. The standard InChI is InChI=1S/C19H30N4O/c1-13-4-7-19(21-20-13)23-10-15-8-17(22(2)3)18(9-16(15)11-23)24-12-14-5-6-14/h4,7,14-18H,5-6,8-12H2,1-3H3/t15-,16+,17-,18-/m1/s1. The number of rotatable bonds is 5. The Bertz CT molecular complexity index is 557. The van der Waals surface area contributed by atoms with Crippen molar-refractivity contribution >= 4 is 5.82 Å². The Kier molecular flexibility index (Phi) is 4.48. The molecular formula is C19H30N4O. The van der Waals surface area contributed by atoms with Crippen molar-refractivity contribution in [3.05, 3.63) is 17.8 Å². The first-order chi connectivity index (χ1) is 11.6. The monoisotopic (exact) mass is 330 g/mol. The van der Waals surface area contributed by atoms with Gasteiger partial charge >= 0.3 is 0 Å². The highest BCUT2D eigenvalue weighted by atomic mass is 16.5. The number of anilines is 1. The molecule has 0 amide bonds. The highest BCUT2D eigenvalue weighted by Crippen LogP contribution is 2.40. The summed E-state index contributed by atoms with van der Waals surface area (Å²) in [5, 5.41) is 8.62. The maximum absolute atomic E-state index is 6.36. The largest absolute Gasteiger partial charge is 0.376 e. The fourth-order valence-electron chi connectivity index (χ4n) is 4.40. The average molecular weight is 330 g/mol. The molecule has 1 aromatic rings. The van der Waals surface area contributed by atoms with Crippen LogP contribution in [-0.4, -0.2) is 61.0 Å². The van der Waals surface area contributed by atoms with Crippen LogP contribution in [-0.2, 0) is 4.74 Å². The molecule has 24 heavy (non-hydrogen) atoms. The Morgan fingerprint density at radius 2 is 1.88 bits per heavy atom. The highest BCUT2D eigenvalue weighted by molar-refractivity contribution is 5.39. The molecule has 0 unspecified atom stereocenters. The molecule has 0 bridgehead atoms. The van der Waals surface area contributed by atoms with E-state index >= 15 is 0 Å². The van der Waals surface area contributed by atoms with E-state index in [-0.39, 0.29) is 0 Å². The molecule has 3 aliphatic rings. The number of likely N-dealkylation sites (N-methyl/N-ethyl adjacent to an activating group) is 1. The van der Waals surface area contributed by atoms with Crippen LogP contribution in [0.1, 0.15) is 31.4 Å². The van der Waals surface area contributed by atoms with Crippen LogP contribution >= 0.6 is 0 Å². The van der Waals surface area contributed by atoms with E-state index in [9.17, 15) is 0 Å². The third-order valence-corrected chi connectivity index (χ3v) is 6.10. The Morgan fingerprint density at radius 1 is 1.12 bits per heavy atom. The van der Waals surface area contributed by atoms with Crippen LogP contribution in [0.2, 0.25) is 0 Å². The molecule has 1 aliphatic heterocycles. The Morgan fingerprint density at radius 3 is 2.50 bits per heavy atom. The lowest BCUT2D eigenvalue weighted by molar-refractivity contribution is -0.0493. The van der Waals surface area contributed by atoms with Crippen molar-refractivity contribution in [1.82, 2.24) is 15.1 Å². The Labute approximate surface area is 145 Å². The Balaban J connectivity index is 1.43. The van der Waals surface area contributed by atoms with Gasteiger partial charge in [-0.15, -0.1) is 5.10 Å². The van der Waals surface area contributed by atoms with E-state index in [0.717, 1.165) is 49.0 Å². The number of aromatic nitrogens is 2. The van der Waals surface area contributed by atoms with Gasteiger partial charge in [0.15, 0.2) is 5.82 Å². The fourth-order valence-corrected chi connectivity index (χ4v) is 4.40.